The summed E-state index contributed by atoms with van der Waals surface area (Å²) >= 11 is 3.65. The van der Waals surface area contributed by atoms with Crippen LogP contribution in [-0.4, -0.2) is 74.9 Å². The number of benzene rings is 4. The van der Waals surface area contributed by atoms with Crippen LogP contribution in [0.5, 0.6) is 0 Å². The molecule has 0 bridgehead atoms. The highest BCUT2D eigenvalue weighted by Crippen LogP contribution is 2.45. The first-order valence-corrected chi connectivity index (χ1v) is 24.5. The van der Waals surface area contributed by atoms with Crippen molar-refractivity contribution in [3.8, 4) is 11.3 Å². The molecule has 0 saturated carbocycles. The molecule has 64 heavy (non-hydrogen) atoms. The number of amides is 1. The van der Waals surface area contributed by atoms with E-state index in [0.717, 1.165) is 37.0 Å². The monoisotopic (exact) mass is 954 g/mol. The number of aromatic nitrogens is 2. The van der Waals surface area contributed by atoms with E-state index in [-0.39, 0.29) is 17.7 Å². The molecule has 1 aliphatic rings. The highest BCUT2D eigenvalue weighted by atomic mass is 79.9. The maximum Gasteiger partial charge on any atom is 0.410 e. The number of anilines is 1. The molecular formula is C51H58BrF3N4O4Si. The van der Waals surface area contributed by atoms with Crippen molar-refractivity contribution < 1.29 is 31.9 Å². The number of pyridine rings is 1. The van der Waals surface area contributed by atoms with Crippen molar-refractivity contribution in [1.82, 2.24) is 14.5 Å². The average Bonchev–Trinajstić information content (AvgIpc) is 3.54. The summed E-state index contributed by atoms with van der Waals surface area (Å²) in [5.41, 5.74) is 3.86. The van der Waals surface area contributed by atoms with Gasteiger partial charge in [-0.05, 0) is 69.6 Å². The number of ether oxygens (including phenoxy) is 2. The molecule has 1 unspecified atom stereocenters. The van der Waals surface area contributed by atoms with Crippen LogP contribution in [0.3, 0.4) is 0 Å². The van der Waals surface area contributed by atoms with E-state index in [9.17, 15) is 18.0 Å². The fraction of sp³-hybridized carbons (Fsp3) is 0.373. The van der Waals surface area contributed by atoms with Gasteiger partial charge in [-0.15, -0.1) is 0 Å². The van der Waals surface area contributed by atoms with Crippen LogP contribution in [0.4, 0.5) is 23.7 Å². The predicted molar refractivity (Wildman–Crippen MR) is 256 cm³/mol. The lowest BCUT2D eigenvalue weighted by molar-refractivity contribution is -0.139. The highest BCUT2D eigenvalue weighted by molar-refractivity contribution is 9.10. The van der Waals surface area contributed by atoms with Crippen LogP contribution in [0, 0.1) is 5.41 Å². The molecule has 6 aromatic rings. The van der Waals surface area contributed by atoms with Crippen LogP contribution >= 0.6 is 15.9 Å². The van der Waals surface area contributed by atoms with E-state index in [2.05, 4.69) is 104 Å². The Bertz CT molecular complexity index is 2480. The average molecular weight is 956 g/mol. The molecule has 13 heteroatoms. The van der Waals surface area contributed by atoms with Gasteiger partial charge in [0.05, 0.1) is 29.4 Å². The first kappa shape index (κ1) is 47.0. The lowest BCUT2D eigenvalue weighted by Crippen LogP contribution is -2.67. The molecular weight excluding hydrogens is 898 g/mol. The number of carbonyl (C=O) groups excluding carboxylic acids is 1. The Balaban J connectivity index is 1.29. The summed E-state index contributed by atoms with van der Waals surface area (Å²) in [5, 5.41) is 2.76. The van der Waals surface area contributed by atoms with E-state index in [1.807, 2.05) is 61.5 Å². The number of alkyl halides is 3. The minimum absolute atomic E-state index is 0.180. The van der Waals surface area contributed by atoms with Gasteiger partial charge >= 0.3 is 12.3 Å². The van der Waals surface area contributed by atoms with Crippen LogP contribution in [-0.2, 0) is 33.5 Å². The molecule has 1 amide bonds. The number of rotatable bonds is 14. The van der Waals surface area contributed by atoms with Gasteiger partial charge in [-0.1, -0.05) is 142 Å². The molecule has 1 fully saturated rings. The number of halogens is 4. The maximum atomic E-state index is 14.9. The SMILES string of the molecule is COC(C)c1ncc(N2CCN(C(=O)OCc3ccccc3)CC2)cc1-c1c(CC(C)(C)CO[Si](c2ccccc2)(c2ccccc2)C(C)(C)C)c2cc(Br)ccc2n1CC(F)(F)F. The Kier molecular flexibility index (Phi) is 14.1. The third kappa shape index (κ3) is 10.3. The second-order valence-corrected chi connectivity index (χ2v) is 23.7. The molecule has 8 nitrogen and oxygen atoms in total. The van der Waals surface area contributed by atoms with Gasteiger partial charge in [0.15, 0.2) is 0 Å². The van der Waals surface area contributed by atoms with Crippen molar-refractivity contribution in [2.45, 2.75) is 78.4 Å². The van der Waals surface area contributed by atoms with Crippen LogP contribution in [0.25, 0.3) is 22.2 Å². The minimum Gasteiger partial charge on any atom is -0.445 e. The van der Waals surface area contributed by atoms with E-state index in [1.54, 1.807) is 30.3 Å². The van der Waals surface area contributed by atoms with Crippen LogP contribution < -0.4 is 15.3 Å². The van der Waals surface area contributed by atoms with Gasteiger partial charge in [-0.25, -0.2) is 4.79 Å². The number of fused-ring (bicyclic) bond motifs is 1. The predicted octanol–water partition coefficient (Wildman–Crippen LogP) is 11.3. The summed E-state index contributed by atoms with van der Waals surface area (Å²) in [4.78, 5) is 21.8. The summed E-state index contributed by atoms with van der Waals surface area (Å²) in [6.07, 6.45) is -3.31. The molecule has 3 heterocycles. The quantitative estimate of drug-likeness (QED) is 0.101. The minimum atomic E-state index is -4.53. The van der Waals surface area contributed by atoms with E-state index >= 15 is 0 Å². The van der Waals surface area contributed by atoms with Crippen molar-refractivity contribution in [3.05, 3.63) is 143 Å². The summed E-state index contributed by atoms with van der Waals surface area (Å²) in [6.45, 7) is 14.0. The molecule has 0 N–H and O–H groups in total. The summed E-state index contributed by atoms with van der Waals surface area (Å²) in [7, 11) is -1.38. The zero-order valence-corrected chi connectivity index (χ0v) is 40.3. The first-order valence-electron chi connectivity index (χ1n) is 21.8. The summed E-state index contributed by atoms with van der Waals surface area (Å²) < 4.78 is 65.8. The second-order valence-electron chi connectivity index (χ2n) is 18.5. The summed E-state index contributed by atoms with van der Waals surface area (Å²) in [6, 6.07) is 37.9. The third-order valence-electron chi connectivity index (χ3n) is 12.2. The molecule has 1 aliphatic heterocycles. The van der Waals surface area contributed by atoms with Crippen LogP contribution in [0.2, 0.25) is 5.04 Å². The van der Waals surface area contributed by atoms with Gasteiger partial charge < -0.3 is 28.3 Å². The molecule has 4 aromatic carbocycles. The lowest BCUT2D eigenvalue weighted by atomic mass is 9.84. The standard InChI is InChI=1S/C51H58BrF3N4O4Si/c1-36(61-7)46-43(30-39(32-56-46)57-25-27-58(28-26-57)48(60)62-33-37-17-11-8-12-18-37)47-44(42-29-38(52)23-24-45(42)59(47)34-51(53,54)55)31-50(5,6)35-63-64(49(2,3)4,40-19-13-9-14-20-40)41-21-15-10-16-22-41/h8-24,29-30,32,36H,25-28,31,33-35H2,1-7H3. The molecule has 338 valence electrons. The van der Waals surface area contributed by atoms with Crippen molar-refractivity contribution in [1.29, 1.82) is 0 Å². The van der Waals surface area contributed by atoms with E-state index < -0.39 is 32.6 Å². The van der Waals surface area contributed by atoms with E-state index in [4.69, 9.17) is 18.9 Å². The highest BCUT2D eigenvalue weighted by Gasteiger charge is 2.51. The van der Waals surface area contributed by atoms with Gasteiger partial charge in [0, 0.05) is 60.8 Å². The van der Waals surface area contributed by atoms with Crippen LogP contribution in [0.1, 0.15) is 64.5 Å². The Morgan fingerprint density at radius 1 is 0.828 bits per heavy atom. The maximum absolute atomic E-state index is 14.9. The van der Waals surface area contributed by atoms with Crippen molar-refractivity contribution in [2.75, 3.05) is 44.8 Å². The molecule has 7 rings (SSSR count). The fourth-order valence-corrected chi connectivity index (χ4v) is 14.2. The molecule has 1 atom stereocenters. The molecule has 1 saturated heterocycles. The van der Waals surface area contributed by atoms with Gasteiger partial charge in [-0.2, -0.15) is 13.2 Å². The third-order valence-corrected chi connectivity index (χ3v) is 17.7. The normalized spacial score (nSPS) is 14.5. The largest absolute Gasteiger partial charge is 0.445 e. The Hall–Kier alpha value is -4.95. The van der Waals surface area contributed by atoms with Gasteiger partial charge in [-0.3, -0.25) is 4.98 Å². The Morgan fingerprint density at radius 3 is 1.98 bits per heavy atom. The first-order chi connectivity index (χ1) is 30.4. The molecule has 2 aromatic heterocycles. The van der Waals surface area contributed by atoms with E-state index in [1.165, 1.54) is 4.57 Å². The van der Waals surface area contributed by atoms with Crippen molar-refractivity contribution in [2.24, 2.45) is 5.41 Å². The fourth-order valence-electron chi connectivity index (χ4n) is 9.04. The zero-order chi connectivity index (χ0) is 45.9. The number of nitrogens with zero attached hydrogens (tertiary/aromatic N) is 4. The lowest BCUT2D eigenvalue weighted by Gasteiger charge is -2.44. The number of hydrogen-bond acceptors (Lipinski definition) is 6. The molecule has 0 spiro atoms. The van der Waals surface area contributed by atoms with Gasteiger partial charge in [0.25, 0.3) is 8.32 Å². The Labute approximate surface area is 384 Å². The number of hydrogen-bond donors (Lipinski definition) is 0. The molecule has 0 aliphatic carbocycles. The number of carbonyl (C=O) groups is 1. The van der Waals surface area contributed by atoms with Crippen LogP contribution in [0.15, 0.2) is 126 Å². The smallest absolute Gasteiger partial charge is 0.410 e. The van der Waals surface area contributed by atoms with Crippen molar-refractivity contribution in [3.63, 3.8) is 0 Å². The second kappa shape index (κ2) is 19.3. The summed E-state index contributed by atoms with van der Waals surface area (Å²) in [5.74, 6) is 0. The number of piperazine rings is 1. The van der Waals surface area contributed by atoms with E-state index in [0.29, 0.717) is 61.7 Å². The van der Waals surface area contributed by atoms with Crippen molar-refractivity contribution >= 4 is 57.3 Å². The number of methoxy groups -OCH3 is 1. The molecule has 0 radical (unpaired) electrons. The zero-order valence-electron chi connectivity index (χ0n) is 37.7. The van der Waals surface area contributed by atoms with Gasteiger partial charge in [0.1, 0.15) is 13.2 Å². The Morgan fingerprint density at radius 2 is 1.42 bits per heavy atom. The topological polar surface area (TPSA) is 69.1 Å². The van der Waals surface area contributed by atoms with Gasteiger partial charge in [0.2, 0.25) is 0 Å².